The van der Waals surface area contributed by atoms with E-state index in [1.165, 1.54) is 21.5 Å². The molecule has 1 radical (unpaired) electrons. The molecule has 0 atom stereocenters. The smallest absolute Gasteiger partial charge is 0.178 e. The number of pyridine rings is 1. The third kappa shape index (κ3) is 6.50. The van der Waals surface area contributed by atoms with Crippen LogP contribution in [0, 0.1) is 24.0 Å². The SMILES string of the molecule is [C-]#[N+]c1cc[c-]c(-c2nc(C#N)cn2-c2c(C(C)C)cc(-c3ccc4oc5c(-n6c7ccccc7c7ccccc76)cc(-n6c7ccccc7c7ccccc76)nc5c4c3)cc2C(C)C)c1.[Ir]. The molecule has 7 aromatic carbocycles. The van der Waals surface area contributed by atoms with Crippen molar-refractivity contribution in [3.8, 4) is 45.8 Å². The Balaban J connectivity index is 0.00000494. The molecule has 12 rings (SSSR count). The van der Waals surface area contributed by atoms with E-state index in [0.29, 0.717) is 28.4 Å². The number of hydrogen-bond acceptors (Lipinski definition) is 4. The summed E-state index contributed by atoms with van der Waals surface area (Å²) in [6, 6.07) is 58.2. The van der Waals surface area contributed by atoms with Crippen molar-refractivity contribution in [2.75, 3.05) is 0 Å². The summed E-state index contributed by atoms with van der Waals surface area (Å²) < 4.78 is 13.6. The summed E-state index contributed by atoms with van der Waals surface area (Å²) in [6.07, 6.45) is 1.80. The molecule has 0 N–H and O–H groups in total. The normalized spacial score (nSPS) is 11.7. The van der Waals surface area contributed by atoms with E-state index in [0.717, 1.165) is 78.0 Å². The number of fused-ring (bicyclic) bond motifs is 9. The number of imidazole rings is 1. The van der Waals surface area contributed by atoms with Gasteiger partial charge >= 0.3 is 0 Å². The Morgan fingerprint density at radius 3 is 1.76 bits per heavy atom. The number of furan rings is 1. The number of nitrogens with zero attached hydrogens (tertiary/aromatic N) is 7. The van der Waals surface area contributed by atoms with Crippen LogP contribution < -0.4 is 0 Å². The minimum atomic E-state index is 0. The van der Waals surface area contributed by atoms with Crippen LogP contribution in [0.15, 0.2) is 162 Å². The third-order valence-electron chi connectivity index (χ3n) is 13.0. The van der Waals surface area contributed by atoms with Crippen LogP contribution in [0.4, 0.5) is 5.69 Å². The Hall–Kier alpha value is -8.07. The second-order valence-corrected chi connectivity index (χ2v) is 17.5. The summed E-state index contributed by atoms with van der Waals surface area (Å²) in [5.41, 5.74) is 14.2. The van der Waals surface area contributed by atoms with Gasteiger partial charge in [-0.15, -0.1) is 23.8 Å². The van der Waals surface area contributed by atoms with Gasteiger partial charge in [0.1, 0.15) is 34.4 Å². The topological polar surface area (TPSA) is 81.9 Å². The Bertz CT molecular complexity index is 3920. The van der Waals surface area contributed by atoms with Gasteiger partial charge in [0.25, 0.3) is 0 Å². The third-order valence-corrected chi connectivity index (χ3v) is 13.0. The molecule has 9 heteroatoms. The fourth-order valence-corrected chi connectivity index (χ4v) is 9.97. The van der Waals surface area contributed by atoms with Gasteiger partial charge < -0.3 is 13.6 Å². The number of nitriles is 1. The van der Waals surface area contributed by atoms with Crippen LogP contribution in [0.2, 0.25) is 0 Å². The van der Waals surface area contributed by atoms with Crippen LogP contribution in [-0.2, 0) is 20.1 Å². The van der Waals surface area contributed by atoms with Crippen LogP contribution in [0.5, 0.6) is 0 Å². The largest absolute Gasteiger partial charge is 0.452 e. The molecule has 0 unspecified atom stereocenters. The number of hydrogen-bond donors (Lipinski definition) is 0. The average molecular weight is 1040 g/mol. The first-order valence-corrected chi connectivity index (χ1v) is 22.2. The predicted octanol–water partition coefficient (Wildman–Crippen LogP) is 15.2. The van der Waals surface area contributed by atoms with E-state index in [-0.39, 0.29) is 31.9 Å². The first-order valence-electron chi connectivity index (χ1n) is 22.2. The summed E-state index contributed by atoms with van der Waals surface area (Å²) in [4.78, 5) is 14.0. The zero-order chi connectivity index (χ0) is 44.8. The summed E-state index contributed by atoms with van der Waals surface area (Å²) in [5.74, 6) is 1.59. The Kier molecular flexibility index (Phi) is 10.0. The molecule has 8 nitrogen and oxygen atoms in total. The monoisotopic (exact) mass is 1040 g/mol. The van der Waals surface area contributed by atoms with Crippen LogP contribution in [-0.4, -0.2) is 23.7 Å². The van der Waals surface area contributed by atoms with Gasteiger partial charge in [0.15, 0.2) is 5.58 Å². The summed E-state index contributed by atoms with van der Waals surface area (Å²) in [5, 5.41) is 15.7. The predicted molar refractivity (Wildman–Crippen MR) is 266 cm³/mol. The van der Waals surface area contributed by atoms with Crippen LogP contribution in [0.1, 0.15) is 56.4 Å². The Morgan fingerprint density at radius 2 is 1.21 bits per heavy atom. The fraction of sp³-hybridized carbons (Fsp3) is 0.103. The van der Waals surface area contributed by atoms with Gasteiger partial charge in [-0.1, -0.05) is 107 Å². The quantitative estimate of drug-likeness (QED) is 0.149. The van der Waals surface area contributed by atoms with Crippen LogP contribution >= 0.6 is 0 Å². The number of benzene rings is 7. The van der Waals surface area contributed by atoms with Crippen molar-refractivity contribution in [1.82, 2.24) is 23.7 Å². The second kappa shape index (κ2) is 16.1. The molecular formula is C58H40IrN7O-. The van der Waals surface area contributed by atoms with Crippen molar-refractivity contribution in [3.05, 3.63) is 192 Å². The van der Waals surface area contributed by atoms with Crippen molar-refractivity contribution in [2.45, 2.75) is 39.5 Å². The average Bonchev–Trinajstić information content (AvgIpc) is 4.13. The maximum absolute atomic E-state index is 10.1. The molecule has 323 valence electrons. The van der Waals surface area contributed by atoms with Crippen molar-refractivity contribution >= 4 is 71.4 Å². The van der Waals surface area contributed by atoms with E-state index >= 15 is 0 Å². The molecule has 5 aromatic heterocycles. The van der Waals surface area contributed by atoms with Crippen molar-refractivity contribution in [2.24, 2.45) is 0 Å². The van der Waals surface area contributed by atoms with E-state index < -0.39 is 0 Å². The Morgan fingerprint density at radius 1 is 0.642 bits per heavy atom. The maximum atomic E-state index is 10.1. The number of aromatic nitrogens is 5. The fourth-order valence-electron chi connectivity index (χ4n) is 9.97. The number of para-hydroxylation sites is 4. The molecule has 0 saturated heterocycles. The molecule has 0 amide bonds. The zero-order valence-electron chi connectivity index (χ0n) is 37.0. The van der Waals surface area contributed by atoms with Gasteiger partial charge in [-0.25, -0.2) is 4.98 Å². The summed E-state index contributed by atoms with van der Waals surface area (Å²) >= 11 is 0. The van der Waals surface area contributed by atoms with E-state index in [2.05, 4.69) is 187 Å². The molecule has 67 heavy (non-hydrogen) atoms. The first-order chi connectivity index (χ1) is 32.3. The molecule has 12 aromatic rings. The molecule has 0 saturated carbocycles. The molecule has 0 fully saturated rings. The number of rotatable bonds is 7. The van der Waals surface area contributed by atoms with Crippen LogP contribution in [0.25, 0.3) is 110 Å². The summed E-state index contributed by atoms with van der Waals surface area (Å²) in [7, 11) is 0. The molecular weight excluding hydrogens is 1000 g/mol. The molecule has 0 aliphatic carbocycles. The van der Waals surface area contributed by atoms with Gasteiger partial charge in [0.05, 0.1) is 40.2 Å². The minimum absolute atomic E-state index is 0. The van der Waals surface area contributed by atoms with Crippen molar-refractivity contribution in [1.29, 1.82) is 5.26 Å². The Labute approximate surface area is 400 Å². The molecule has 0 spiro atoms. The summed E-state index contributed by atoms with van der Waals surface area (Å²) in [6.45, 7) is 16.4. The van der Waals surface area contributed by atoms with E-state index in [1.54, 1.807) is 24.4 Å². The van der Waals surface area contributed by atoms with Crippen molar-refractivity contribution < 1.29 is 24.5 Å². The van der Waals surface area contributed by atoms with E-state index in [4.69, 9.17) is 21.0 Å². The molecule has 0 aliphatic rings. The molecule has 0 aliphatic heterocycles. The maximum Gasteiger partial charge on any atom is 0.178 e. The van der Waals surface area contributed by atoms with Gasteiger partial charge in [0, 0.05) is 65.0 Å². The van der Waals surface area contributed by atoms with E-state index in [1.807, 2.05) is 4.57 Å². The van der Waals surface area contributed by atoms with Gasteiger partial charge in [0.2, 0.25) is 0 Å². The van der Waals surface area contributed by atoms with E-state index in [9.17, 15) is 5.26 Å². The zero-order valence-corrected chi connectivity index (χ0v) is 39.4. The van der Waals surface area contributed by atoms with Gasteiger partial charge in [-0.2, -0.15) is 11.3 Å². The second-order valence-electron chi connectivity index (χ2n) is 17.5. The minimum Gasteiger partial charge on any atom is -0.452 e. The standard InChI is InChI=1S/C58H40N7O.Ir/c1-34(2)45-29-38(30-46(35(3)4)56(45)63-33-40(32-59)61-58(63)37-15-14-16-39(27-37)60-5)36-25-26-53-47(28-36)55-57(66-53)52(64-48-21-10-6-17-41(48)42-18-7-11-22-49(42)64)31-54(62-55)65-50-23-12-8-19-43(50)44-20-9-13-24-51(44)65;/h6-14,16-31,33-35H,1-4H3;/q-1;. The molecule has 0 bridgehead atoms. The molecule has 5 heterocycles. The van der Waals surface area contributed by atoms with Crippen LogP contribution in [0.3, 0.4) is 0 Å². The van der Waals surface area contributed by atoms with Crippen molar-refractivity contribution in [3.63, 3.8) is 0 Å². The van der Waals surface area contributed by atoms with Gasteiger partial charge in [-0.05, 0) is 82.6 Å². The first kappa shape index (κ1) is 41.6. The van der Waals surface area contributed by atoms with Gasteiger partial charge in [-0.3, -0.25) is 14.4 Å².